The molecule has 0 aromatic heterocycles. The van der Waals surface area contributed by atoms with Crippen LogP contribution in [0.4, 0.5) is 4.39 Å². The van der Waals surface area contributed by atoms with Gasteiger partial charge in [-0.3, -0.25) is 4.79 Å². The molecule has 0 atom stereocenters. The third-order valence-corrected chi connectivity index (χ3v) is 4.13. The van der Waals surface area contributed by atoms with Gasteiger partial charge in [-0.25, -0.2) is 4.39 Å². The minimum absolute atomic E-state index is 0.00945. The Morgan fingerprint density at radius 1 is 1.05 bits per heavy atom. The summed E-state index contributed by atoms with van der Waals surface area (Å²) < 4.78 is 20.2. The summed E-state index contributed by atoms with van der Waals surface area (Å²) in [6, 6.07) is 11.3. The monoisotopic (exact) mass is 414 g/mol. The molecule has 0 bridgehead atoms. The van der Waals surface area contributed by atoms with Gasteiger partial charge in [-0.15, -0.1) is 0 Å². The van der Waals surface area contributed by atoms with Crippen LogP contribution in [0.25, 0.3) is 0 Å². The summed E-state index contributed by atoms with van der Waals surface area (Å²) in [5.74, 6) is 0.380. The summed E-state index contributed by atoms with van der Waals surface area (Å²) in [5, 5.41) is 0. The van der Waals surface area contributed by atoms with E-state index in [0.717, 1.165) is 14.7 Å². The molecule has 0 amide bonds. The van der Waals surface area contributed by atoms with E-state index in [4.69, 9.17) is 4.74 Å². The molecule has 5 heteroatoms. The van der Waals surface area contributed by atoms with Crippen molar-refractivity contribution in [2.24, 2.45) is 0 Å². The molecule has 2 aromatic rings. The van der Waals surface area contributed by atoms with E-state index >= 15 is 0 Å². The predicted octanol–water partition coefficient (Wildman–Crippen LogP) is 5.39. The molecule has 21 heavy (non-hydrogen) atoms. The van der Waals surface area contributed by atoms with Gasteiger partial charge in [0, 0.05) is 12.0 Å². The van der Waals surface area contributed by atoms with Crippen LogP contribution in [0.5, 0.6) is 5.75 Å². The van der Waals surface area contributed by atoms with Crippen LogP contribution in [0.2, 0.25) is 0 Å². The molecule has 0 radical (unpaired) electrons. The van der Waals surface area contributed by atoms with Crippen LogP contribution in [0, 0.1) is 5.82 Å². The fraction of sp³-hybridized carbons (Fsp3) is 0.188. The Labute approximate surface area is 139 Å². The first-order valence-corrected chi connectivity index (χ1v) is 8.02. The van der Waals surface area contributed by atoms with Crippen LogP contribution >= 0.6 is 31.9 Å². The first-order chi connectivity index (χ1) is 10.1. The van der Waals surface area contributed by atoms with Crippen LogP contribution in [-0.2, 0) is 0 Å². The maximum atomic E-state index is 12.8. The lowest BCUT2D eigenvalue weighted by atomic mass is 10.1. The largest absolute Gasteiger partial charge is 0.491 e. The molecular formula is C16H13Br2FO2. The lowest BCUT2D eigenvalue weighted by Crippen LogP contribution is -2.04. The molecule has 0 aliphatic heterocycles. The van der Waals surface area contributed by atoms with Gasteiger partial charge in [0.05, 0.1) is 15.6 Å². The molecule has 0 heterocycles. The number of hydrogen-bond acceptors (Lipinski definition) is 2. The lowest BCUT2D eigenvalue weighted by Gasteiger charge is -2.09. The maximum absolute atomic E-state index is 12.8. The van der Waals surface area contributed by atoms with Gasteiger partial charge >= 0.3 is 0 Å². The van der Waals surface area contributed by atoms with Crippen LogP contribution < -0.4 is 4.74 Å². The summed E-state index contributed by atoms with van der Waals surface area (Å²) in [4.78, 5) is 11.9. The fourth-order valence-corrected chi connectivity index (χ4v) is 3.03. The molecule has 0 fully saturated rings. The standard InChI is InChI=1S/C16H13Br2FO2/c17-13-3-1-4-14(18)16(13)21-10-2-5-15(20)11-6-8-12(19)9-7-11/h1,3-4,6-9H,2,5,10H2. The van der Waals surface area contributed by atoms with Crippen molar-refractivity contribution >= 4 is 37.6 Å². The van der Waals surface area contributed by atoms with Gasteiger partial charge in [-0.2, -0.15) is 0 Å². The number of carbonyl (C=O) groups is 1. The van der Waals surface area contributed by atoms with E-state index in [-0.39, 0.29) is 11.6 Å². The molecule has 0 aliphatic carbocycles. The van der Waals surface area contributed by atoms with E-state index < -0.39 is 0 Å². The normalized spacial score (nSPS) is 10.4. The molecule has 0 saturated carbocycles. The van der Waals surface area contributed by atoms with Gasteiger partial charge in [0.15, 0.2) is 5.78 Å². The summed E-state index contributed by atoms with van der Waals surface area (Å²) in [7, 11) is 0. The minimum atomic E-state index is -0.339. The zero-order valence-electron chi connectivity index (χ0n) is 11.1. The molecule has 2 nitrogen and oxygen atoms in total. The zero-order chi connectivity index (χ0) is 15.2. The number of carbonyl (C=O) groups excluding carboxylic acids is 1. The zero-order valence-corrected chi connectivity index (χ0v) is 14.3. The predicted molar refractivity (Wildman–Crippen MR) is 87.3 cm³/mol. The third-order valence-electron chi connectivity index (χ3n) is 2.88. The van der Waals surface area contributed by atoms with E-state index in [9.17, 15) is 9.18 Å². The Hall–Kier alpha value is -1.20. The van der Waals surface area contributed by atoms with Crippen molar-refractivity contribution in [3.63, 3.8) is 0 Å². The van der Waals surface area contributed by atoms with Crippen molar-refractivity contribution in [2.45, 2.75) is 12.8 Å². The van der Waals surface area contributed by atoms with Crippen LogP contribution in [-0.4, -0.2) is 12.4 Å². The van der Waals surface area contributed by atoms with Crippen molar-refractivity contribution < 1.29 is 13.9 Å². The highest BCUT2D eigenvalue weighted by Crippen LogP contribution is 2.33. The van der Waals surface area contributed by atoms with E-state index in [1.165, 1.54) is 24.3 Å². The molecule has 0 N–H and O–H groups in total. The molecule has 0 saturated heterocycles. The smallest absolute Gasteiger partial charge is 0.163 e. The van der Waals surface area contributed by atoms with Gasteiger partial charge in [-0.05, 0) is 74.7 Å². The van der Waals surface area contributed by atoms with Crippen molar-refractivity contribution in [2.75, 3.05) is 6.61 Å². The first kappa shape index (κ1) is 16.2. The fourth-order valence-electron chi connectivity index (χ4n) is 1.81. The second-order valence-electron chi connectivity index (χ2n) is 4.43. The number of Topliss-reactive ketones (excluding diaryl/α,β-unsaturated/α-hetero) is 1. The van der Waals surface area contributed by atoms with Crippen LogP contribution in [0.3, 0.4) is 0 Å². The number of ketones is 1. The van der Waals surface area contributed by atoms with Crippen molar-refractivity contribution in [1.29, 1.82) is 0 Å². The minimum Gasteiger partial charge on any atom is -0.491 e. The Balaban J connectivity index is 1.82. The average molecular weight is 416 g/mol. The Kier molecular flexibility index (Phi) is 5.94. The summed E-state index contributed by atoms with van der Waals surface area (Å²) in [6.45, 7) is 0.439. The third kappa shape index (κ3) is 4.64. The Bertz CT molecular complexity index is 606. The second-order valence-corrected chi connectivity index (χ2v) is 6.14. The quantitative estimate of drug-likeness (QED) is 0.466. The number of hydrogen-bond donors (Lipinski definition) is 0. The molecule has 2 rings (SSSR count). The van der Waals surface area contributed by atoms with Crippen molar-refractivity contribution in [3.05, 3.63) is 62.8 Å². The lowest BCUT2D eigenvalue weighted by molar-refractivity contribution is 0.0973. The number of halogens is 3. The van der Waals surface area contributed by atoms with E-state index in [1.807, 2.05) is 18.2 Å². The SMILES string of the molecule is O=C(CCCOc1c(Br)cccc1Br)c1ccc(F)cc1. The Morgan fingerprint density at radius 3 is 2.29 bits per heavy atom. The number of ether oxygens (including phenoxy) is 1. The van der Waals surface area contributed by atoms with E-state index in [2.05, 4.69) is 31.9 Å². The van der Waals surface area contributed by atoms with Crippen LogP contribution in [0.15, 0.2) is 51.4 Å². The van der Waals surface area contributed by atoms with Gasteiger partial charge in [0.25, 0.3) is 0 Å². The molecule has 0 spiro atoms. The van der Waals surface area contributed by atoms with Gasteiger partial charge < -0.3 is 4.74 Å². The van der Waals surface area contributed by atoms with Gasteiger partial charge in [0.2, 0.25) is 0 Å². The first-order valence-electron chi connectivity index (χ1n) is 6.43. The second kappa shape index (κ2) is 7.71. The molecule has 0 aliphatic rings. The van der Waals surface area contributed by atoms with Gasteiger partial charge in [0.1, 0.15) is 11.6 Å². The topological polar surface area (TPSA) is 26.3 Å². The maximum Gasteiger partial charge on any atom is 0.163 e. The highest BCUT2D eigenvalue weighted by molar-refractivity contribution is 9.11. The summed E-state index contributed by atoms with van der Waals surface area (Å²) >= 11 is 6.83. The average Bonchev–Trinajstić information content (AvgIpc) is 2.46. The van der Waals surface area contributed by atoms with Crippen molar-refractivity contribution in [3.8, 4) is 5.75 Å². The van der Waals surface area contributed by atoms with E-state index in [0.29, 0.717) is 25.0 Å². The number of benzene rings is 2. The summed E-state index contributed by atoms with van der Waals surface area (Å²) in [5.41, 5.74) is 0.526. The van der Waals surface area contributed by atoms with Crippen LogP contribution in [0.1, 0.15) is 23.2 Å². The van der Waals surface area contributed by atoms with Gasteiger partial charge in [-0.1, -0.05) is 6.07 Å². The van der Waals surface area contributed by atoms with E-state index in [1.54, 1.807) is 0 Å². The molecule has 2 aromatic carbocycles. The van der Waals surface area contributed by atoms with Crippen molar-refractivity contribution in [1.82, 2.24) is 0 Å². The number of para-hydroxylation sites is 1. The highest BCUT2D eigenvalue weighted by Gasteiger charge is 2.08. The Morgan fingerprint density at radius 2 is 1.67 bits per heavy atom. The number of rotatable bonds is 6. The molecular weight excluding hydrogens is 403 g/mol. The highest BCUT2D eigenvalue weighted by atomic mass is 79.9. The molecule has 0 unspecified atom stereocenters. The molecule has 110 valence electrons. The summed E-state index contributed by atoms with van der Waals surface area (Å²) in [6.07, 6.45) is 0.970.